The quantitative estimate of drug-likeness (QED) is 0.914. The average molecular weight is 308 g/mol. The Morgan fingerprint density at radius 3 is 2.65 bits per heavy atom. The van der Waals surface area contributed by atoms with E-state index in [-0.39, 0.29) is 18.0 Å². The average Bonchev–Trinajstić information content (AvgIpc) is 2.99. The van der Waals surface area contributed by atoms with Crippen molar-refractivity contribution in [3.8, 4) is 11.5 Å². The first kappa shape index (κ1) is 14.1. The first-order valence-corrected chi connectivity index (χ1v) is 8.05. The van der Waals surface area contributed by atoms with Gasteiger partial charge in [-0.05, 0) is 18.2 Å². The summed E-state index contributed by atoms with van der Waals surface area (Å²) in [5.74, 6) is 1.54. The van der Waals surface area contributed by atoms with Crippen molar-refractivity contribution in [1.82, 2.24) is 5.01 Å². The molecule has 0 radical (unpaired) electrons. The number of hydrazone groups is 1. The minimum Gasteiger partial charge on any atom is -0.507 e. The maximum absolute atomic E-state index is 10.1. The van der Waals surface area contributed by atoms with Crippen molar-refractivity contribution in [3.63, 3.8) is 0 Å². The topological polar surface area (TPSA) is 45.1 Å². The fourth-order valence-electron chi connectivity index (χ4n) is 3.38. The van der Waals surface area contributed by atoms with Crippen LogP contribution in [0.4, 0.5) is 0 Å². The molecule has 0 aromatic heterocycles. The predicted octanol–water partition coefficient (Wildman–Crippen LogP) is 3.92. The van der Waals surface area contributed by atoms with Gasteiger partial charge >= 0.3 is 0 Å². The molecule has 2 atom stereocenters. The van der Waals surface area contributed by atoms with Crippen LogP contribution in [0.3, 0.4) is 0 Å². The Kier molecular flexibility index (Phi) is 3.26. The largest absolute Gasteiger partial charge is 0.507 e. The molecule has 0 fully saturated rings. The van der Waals surface area contributed by atoms with Crippen LogP contribution in [0.2, 0.25) is 0 Å². The Labute approximate surface area is 136 Å². The van der Waals surface area contributed by atoms with Crippen molar-refractivity contribution in [2.75, 3.05) is 0 Å². The molecular weight excluding hydrogens is 288 g/mol. The second kappa shape index (κ2) is 5.30. The number of rotatable bonds is 2. The van der Waals surface area contributed by atoms with E-state index in [9.17, 15) is 5.11 Å². The second-order valence-electron chi connectivity index (χ2n) is 6.45. The normalized spacial score (nSPS) is 22.4. The van der Waals surface area contributed by atoms with Crippen LogP contribution < -0.4 is 4.74 Å². The van der Waals surface area contributed by atoms with Crippen molar-refractivity contribution in [1.29, 1.82) is 0 Å². The SMILES string of the molecule is CC(C)C1Oc2ccccc2C2CC(c3ccccc3O)=NN21. The molecule has 0 aliphatic carbocycles. The van der Waals surface area contributed by atoms with Crippen molar-refractivity contribution in [2.24, 2.45) is 11.0 Å². The number of benzene rings is 2. The van der Waals surface area contributed by atoms with Gasteiger partial charge in [-0.2, -0.15) is 5.10 Å². The van der Waals surface area contributed by atoms with Gasteiger partial charge in [-0.1, -0.05) is 44.2 Å². The number of phenolic OH excluding ortho intramolecular Hbond substituents is 1. The first-order valence-electron chi connectivity index (χ1n) is 8.05. The minimum absolute atomic E-state index is 0.0849. The van der Waals surface area contributed by atoms with Gasteiger partial charge in [-0.15, -0.1) is 0 Å². The summed E-state index contributed by atoms with van der Waals surface area (Å²) in [6, 6.07) is 15.7. The van der Waals surface area contributed by atoms with Crippen LogP contribution in [0.25, 0.3) is 0 Å². The summed E-state index contributed by atoms with van der Waals surface area (Å²) in [5.41, 5.74) is 2.89. The Bertz CT molecular complexity index is 769. The number of hydrogen-bond acceptors (Lipinski definition) is 4. The molecule has 2 heterocycles. The van der Waals surface area contributed by atoms with E-state index in [1.807, 2.05) is 36.4 Å². The van der Waals surface area contributed by atoms with Gasteiger partial charge < -0.3 is 9.84 Å². The van der Waals surface area contributed by atoms with E-state index in [1.165, 1.54) is 5.56 Å². The Hall–Kier alpha value is -2.49. The van der Waals surface area contributed by atoms with Crippen molar-refractivity contribution >= 4 is 5.71 Å². The predicted molar refractivity (Wildman–Crippen MR) is 89.5 cm³/mol. The van der Waals surface area contributed by atoms with Crippen LogP contribution in [-0.4, -0.2) is 22.1 Å². The zero-order valence-corrected chi connectivity index (χ0v) is 13.3. The molecule has 4 heteroatoms. The molecule has 2 unspecified atom stereocenters. The molecule has 1 N–H and O–H groups in total. The molecular formula is C19H20N2O2. The van der Waals surface area contributed by atoms with Gasteiger partial charge in [0.1, 0.15) is 11.5 Å². The van der Waals surface area contributed by atoms with E-state index in [0.29, 0.717) is 5.92 Å². The zero-order valence-electron chi connectivity index (χ0n) is 13.3. The third-order valence-corrected chi connectivity index (χ3v) is 4.51. The third kappa shape index (κ3) is 2.25. The monoisotopic (exact) mass is 308 g/mol. The summed E-state index contributed by atoms with van der Waals surface area (Å²) in [6.07, 6.45) is 0.694. The lowest BCUT2D eigenvalue weighted by Crippen LogP contribution is -2.43. The molecule has 0 saturated heterocycles. The minimum atomic E-state index is -0.0849. The molecule has 0 bridgehead atoms. The Morgan fingerprint density at radius 1 is 1.13 bits per heavy atom. The first-order chi connectivity index (χ1) is 11.1. The van der Waals surface area contributed by atoms with Crippen molar-refractivity contribution in [2.45, 2.75) is 32.5 Å². The maximum atomic E-state index is 10.1. The summed E-state index contributed by atoms with van der Waals surface area (Å²) >= 11 is 0. The highest BCUT2D eigenvalue weighted by molar-refractivity contribution is 6.04. The number of nitrogens with zero attached hydrogens (tertiary/aromatic N) is 2. The molecule has 4 rings (SSSR count). The van der Waals surface area contributed by atoms with Crippen molar-refractivity contribution < 1.29 is 9.84 Å². The lowest BCUT2D eigenvalue weighted by Gasteiger charge is -2.39. The van der Waals surface area contributed by atoms with E-state index in [2.05, 4.69) is 24.9 Å². The van der Waals surface area contributed by atoms with Crippen LogP contribution in [0, 0.1) is 5.92 Å². The number of fused-ring (bicyclic) bond motifs is 3. The van der Waals surface area contributed by atoms with Crippen molar-refractivity contribution in [3.05, 3.63) is 59.7 Å². The fraction of sp³-hybridized carbons (Fsp3) is 0.316. The van der Waals surface area contributed by atoms with E-state index in [1.54, 1.807) is 6.07 Å². The van der Waals surface area contributed by atoms with E-state index >= 15 is 0 Å². The maximum Gasteiger partial charge on any atom is 0.190 e. The van der Waals surface area contributed by atoms with Crippen LogP contribution in [0.1, 0.15) is 37.4 Å². The van der Waals surface area contributed by atoms with Gasteiger partial charge in [0.05, 0.1) is 11.8 Å². The molecule has 2 aliphatic heterocycles. The van der Waals surface area contributed by atoms with Crippen LogP contribution in [0.15, 0.2) is 53.6 Å². The second-order valence-corrected chi connectivity index (χ2v) is 6.45. The van der Waals surface area contributed by atoms with E-state index in [4.69, 9.17) is 9.84 Å². The van der Waals surface area contributed by atoms with Gasteiger partial charge in [-0.25, -0.2) is 5.01 Å². The van der Waals surface area contributed by atoms with Gasteiger partial charge in [-0.3, -0.25) is 0 Å². The zero-order chi connectivity index (χ0) is 16.0. The number of ether oxygens (including phenoxy) is 1. The molecule has 0 saturated carbocycles. The molecule has 4 nitrogen and oxygen atoms in total. The van der Waals surface area contributed by atoms with Gasteiger partial charge in [0.15, 0.2) is 6.23 Å². The lowest BCUT2D eigenvalue weighted by atomic mass is 9.95. The summed E-state index contributed by atoms with van der Waals surface area (Å²) in [6.45, 7) is 4.28. The molecule has 118 valence electrons. The standard InChI is InChI=1S/C19H20N2O2/c1-12(2)19-21-16(14-8-4-6-10-18(14)23-19)11-15(20-21)13-7-3-5-9-17(13)22/h3-10,12,16,19,22H,11H2,1-2H3. The molecule has 0 spiro atoms. The molecule has 0 amide bonds. The molecule has 2 aromatic rings. The number of aromatic hydroxyl groups is 1. The van der Waals surface area contributed by atoms with E-state index in [0.717, 1.165) is 23.4 Å². The summed E-state index contributed by atoms with van der Waals surface area (Å²) in [5, 5.41) is 17.0. The summed E-state index contributed by atoms with van der Waals surface area (Å²) < 4.78 is 6.18. The molecule has 2 aromatic carbocycles. The third-order valence-electron chi connectivity index (χ3n) is 4.51. The van der Waals surface area contributed by atoms with E-state index < -0.39 is 0 Å². The van der Waals surface area contributed by atoms with Crippen LogP contribution in [-0.2, 0) is 0 Å². The van der Waals surface area contributed by atoms with Crippen LogP contribution in [0.5, 0.6) is 11.5 Å². The highest BCUT2D eigenvalue weighted by Gasteiger charge is 2.41. The summed E-state index contributed by atoms with van der Waals surface area (Å²) in [4.78, 5) is 0. The van der Waals surface area contributed by atoms with Crippen LogP contribution >= 0.6 is 0 Å². The number of para-hydroxylation sites is 2. The van der Waals surface area contributed by atoms with Gasteiger partial charge in [0, 0.05) is 23.5 Å². The highest BCUT2D eigenvalue weighted by Crippen LogP contribution is 2.44. The molecule has 2 aliphatic rings. The summed E-state index contributed by atoms with van der Waals surface area (Å²) in [7, 11) is 0. The van der Waals surface area contributed by atoms with Gasteiger partial charge in [0.2, 0.25) is 0 Å². The number of hydrogen-bond donors (Lipinski definition) is 1. The lowest BCUT2D eigenvalue weighted by molar-refractivity contribution is -0.0461. The Balaban J connectivity index is 1.77. The highest BCUT2D eigenvalue weighted by atomic mass is 16.5. The van der Waals surface area contributed by atoms with Gasteiger partial charge in [0.25, 0.3) is 0 Å². The fourth-order valence-corrected chi connectivity index (χ4v) is 3.38. The number of phenols is 1. The smallest absolute Gasteiger partial charge is 0.190 e. The Morgan fingerprint density at radius 2 is 1.87 bits per heavy atom. The molecule has 23 heavy (non-hydrogen) atoms.